The van der Waals surface area contributed by atoms with Crippen LogP contribution in [0.15, 0.2) is 18.2 Å². The predicted octanol–water partition coefficient (Wildman–Crippen LogP) is 2.06. The van der Waals surface area contributed by atoms with Crippen LogP contribution in [0.4, 0.5) is 4.79 Å². The molecular formula is C17H27N3O3. The number of nitrogens with one attached hydrogen (secondary N) is 2. The first-order chi connectivity index (χ1) is 10.6. The topological polar surface area (TPSA) is 70.7 Å². The molecule has 6 nitrogen and oxygen atoms in total. The van der Waals surface area contributed by atoms with Crippen molar-refractivity contribution in [3.05, 3.63) is 29.3 Å². The van der Waals surface area contributed by atoms with Crippen molar-refractivity contribution in [3.63, 3.8) is 0 Å². The van der Waals surface area contributed by atoms with Gasteiger partial charge in [-0.1, -0.05) is 17.7 Å². The Balaban J connectivity index is 2.56. The molecule has 1 aromatic carbocycles. The van der Waals surface area contributed by atoms with Gasteiger partial charge < -0.3 is 10.1 Å². The first kappa shape index (κ1) is 19.0. The molecule has 0 radical (unpaired) electrons. The van der Waals surface area contributed by atoms with Crippen LogP contribution in [-0.4, -0.2) is 43.1 Å². The molecule has 0 bridgehead atoms. The number of carbonyl (C=O) groups is 2. The highest BCUT2D eigenvalue weighted by molar-refractivity contribution is 5.95. The van der Waals surface area contributed by atoms with Crippen molar-refractivity contribution in [1.82, 2.24) is 15.5 Å². The van der Waals surface area contributed by atoms with E-state index >= 15 is 0 Å². The van der Waals surface area contributed by atoms with Gasteiger partial charge in [0.15, 0.2) is 0 Å². The number of carbonyl (C=O) groups excluding carboxylic acids is 2. The fourth-order valence-corrected chi connectivity index (χ4v) is 2.16. The van der Waals surface area contributed by atoms with Crippen LogP contribution in [-0.2, 0) is 11.3 Å². The quantitative estimate of drug-likeness (QED) is 0.871. The minimum absolute atomic E-state index is 0.120. The first-order valence-corrected chi connectivity index (χ1v) is 7.55. The maximum atomic E-state index is 11.9. The minimum atomic E-state index is -0.482. The van der Waals surface area contributed by atoms with Gasteiger partial charge in [0.05, 0.1) is 13.7 Å². The molecule has 23 heavy (non-hydrogen) atoms. The number of hydrogen-bond acceptors (Lipinski definition) is 4. The van der Waals surface area contributed by atoms with E-state index in [1.54, 1.807) is 7.11 Å². The van der Waals surface area contributed by atoms with Gasteiger partial charge in [-0.25, -0.2) is 4.79 Å². The van der Waals surface area contributed by atoms with E-state index < -0.39 is 6.03 Å². The van der Waals surface area contributed by atoms with Crippen molar-refractivity contribution in [3.8, 4) is 5.75 Å². The van der Waals surface area contributed by atoms with Gasteiger partial charge in [-0.15, -0.1) is 0 Å². The summed E-state index contributed by atoms with van der Waals surface area (Å²) in [6, 6.07) is 5.44. The van der Waals surface area contributed by atoms with E-state index in [0.29, 0.717) is 6.54 Å². The van der Waals surface area contributed by atoms with E-state index in [4.69, 9.17) is 4.74 Å². The molecule has 1 rings (SSSR count). The van der Waals surface area contributed by atoms with Crippen LogP contribution in [0.1, 0.15) is 31.9 Å². The number of aryl methyl sites for hydroxylation is 1. The molecule has 6 heteroatoms. The number of amides is 3. The zero-order valence-corrected chi connectivity index (χ0v) is 14.8. The molecule has 0 unspecified atom stereocenters. The predicted molar refractivity (Wildman–Crippen MR) is 90.5 cm³/mol. The molecule has 0 aromatic heterocycles. The van der Waals surface area contributed by atoms with Gasteiger partial charge in [-0.2, -0.15) is 0 Å². The number of rotatable bonds is 5. The number of methoxy groups -OCH3 is 1. The van der Waals surface area contributed by atoms with Crippen molar-refractivity contribution in [2.75, 3.05) is 20.7 Å². The molecule has 2 N–H and O–H groups in total. The van der Waals surface area contributed by atoms with Gasteiger partial charge in [-0.05, 0) is 40.8 Å². The lowest BCUT2D eigenvalue weighted by Crippen LogP contribution is -2.50. The molecule has 1 aromatic rings. The Kier molecular flexibility index (Phi) is 6.57. The van der Waals surface area contributed by atoms with Crippen molar-refractivity contribution in [2.24, 2.45) is 0 Å². The highest BCUT2D eigenvalue weighted by atomic mass is 16.5. The van der Waals surface area contributed by atoms with E-state index in [1.165, 1.54) is 0 Å². The SMILES string of the molecule is COc1ccc(C)cc1CN(C)CC(=O)NC(=O)NC(C)(C)C. The van der Waals surface area contributed by atoms with Gasteiger partial charge in [-0.3, -0.25) is 15.0 Å². The van der Waals surface area contributed by atoms with Gasteiger partial charge in [0.1, 0.15) is 5.75 Å². The molecule has 3 amide bonds. The standard InChI is InChI=1S/C17H27N3O3/c1-12-7-8-14(23-6)13(9-12)10-20(5)11-15(21)18-16(22)19-17(2,3)4/h7-9H,10-11H2,1-6H3,(H2,18,19,21,22). The maximum Gasteiger partial charge on any atom is 0.321 e. The van der Waals surface area contributed by atoms with Gasteiger partial charge in [0.25, 0.3) is 0 Å². The van der Waals surface area contributed by atoms with Crippen LogP contribution in [0.2, 0.25) is 0 Å². The summed E-state index contributed by atoms with van der Waals surface area (Å²) in [6.07, 6.45) is 0. The van der Waals surface area contributed by atoms with E-state index in [1.807, 2.05) is 57.8 Å². The van der Waals surface area contributed by atoms with Gasteiger partial charge in [0, 0.05) is 17.6 Å². The second-order valence-corrected chi connectivity index (χ2v) is 6.74. The minimum Gasteiger partial charge on any atom is -0.496 e. The largest absolute Gasteiger partial charge is 0.496 e. The van der Waals surface area contributed by atoms with Crippen molar-refractivity contribution < 1.29 is 14.3 Å². The highest BCUT2D eigenvalue weighted by Gasteiger charge is 2.17. The number of ether oxygens (including phenoxy) is 1. The van der Waals surface area contributed by atoms with Crippen molar-refractivity contribution in [2.45, 2.75) is 39.8 Å². The summed E-state index contributed by atoms with van der Waals surface area (Å²) in [5.41, 5.74) is 1.75. The highest BCUT2D eigenvalue weighted by Crippen LogP contribution is 2.20. The summed E-state index contributed by atoms with van der Waals surface area (Å²) >= 11 is 0. The molecule has 0 atom stereocenters. The second-order valence-electron chi connectivity index (χ2n) is 6.74. The Morgan fingerprint density at radius 3 is 2.48 bits per heavy atom. The van der Waals surface area contributed by atoms with Crippen LogP contribution in [0.3, 0.4) is 0 Å². The van der Waals surface area contributed by atoms with Crippen LogP contribution in [0.5, 0.6) is 5.75 Å². The number of urea groups is 1. The van der Waals surface area contributed by atoms with Crippen LogP contribution in [0.25, 0.3) is 0 Å². The van der Waals surface area contributed by atoms with Crippen molar-refractivity contribution in [1.29, 1.82) is 0 Å². The molecule has 0 spiro atoms. The van der Waals surface area contributed by atoms with E-state index in [2.05, 4.69) is 10.6 Å². The second kappa shape index (κ2) is 7.97. The number of likely N-dealkylation sites (N-methyl/N-ethyl adjacent to an activating group) is 1. The lowest BCUT2D eigenvalue weighted by molar-refractivity contribution is -0.121. The molecule has 0 saturated heterocycles. The molecule has 128 valence electrons. The van der Waals surface area contributed by atoms with Crippen LogP contribution in [0, 0.1) is 6.92 Å². The van der Waals surface area contributed by atoms with E-state index in [9.17, 15) is 9.59 Å². The third-order valence-electron chi connectivity index (χ3n) is 3.03. The third-order valence-corrected chi connectivity index (χ3v) is 3.03. The number of hydrogen-bond donors (Lipinski definition) is 2. The molecule has 0 saturated carbocycles. The normalized spacial score (nSPS) is 11.3. The fourth-order valence-electron chi connectivity index (χ4n) is 2.16. The lowest BCUT2D eigenvalue weighted by Gasteiger charge is -2.21. The third kappa shape index (κ3) is 7.15. The smallest absolute Gasteiger partial charge is 0.321 e. The monoisotopic (exact) mass is 321 g/mol. The van der Waals surface area contributed by atoms with Gasteiger partial charge >= 0.3 is 6.03 Å². The Hall–Kier alpha value is -2.08. The summed E-state index contributed by atoms with van der Waals surface area (Å²) in [4.78, 5) is 25.4. The zero-order chi connectivity index (χ0) is 17.6. The molecule has 0 aliphatic carbocycles. The summed E-state index contributed by atoms with van der Waals surface area (Å²) in [5, 5.41) is 5.02. The Labute approximate surface area is 138 Å². The lowest BCUT2D eigenvalue weighted by atomic mass is 10.1. The molecule has 0 aliphatic heterocycles. The average Bonchev–Trinajstić information content (AvgIpc) is 2.35. The summed E-state index contributed by atoms with van der Waals surface area (Å²) in [6.45, 7) is 8.24. The van der Waals surface area contributed by atoms with Gasteiger partial charge in [0.2, 0.25) is 5.91 Å². The Bertz CT molecular complexity index is 565. The fraction of sp³-hybridized carbons (Fsp3) is 0.529. The Morgan fingerprint density at radius 1 is 1.26 bits per heavy atom. The average molecular weight is 321 g/mol. The van der Waals surface area contributed by atoms with Crippen LogP contribution < -0.4 is 15.4 Å². The summed E-state index contributed by atoms with van der Waals surface area (Å²) < 4.78 is 5.33. The van der Waals surface area contributed by atoms with Crippen molar-refractivity contribution >= 4 is 11.9 Å². The van der Waals surface area contributed by atoms with E-state index in [-0.39, 0.29) is 18.0 Å². The zero-order valence-electron chi connectivity index (χ0n) is 14.8. The number of imide groups is 1. The maximum absolute atomic E-state index is 11.9. The first-order valence-electron chi connectivity index (χ1n) is 7.55. The number of benzene rings is 1. The molecule has 0 heterocycles. The van der Waals surface area contributed by atoms with E-state index in [0.717, 1.165) is 16.9 Å². The summed E-state index contributed by atoms with van der Waals surface area (Å²) in [7, 11) is 3.45. The Morgan fingerprint density at radius 2 is 1.91 bits per heavy atom. The van der Waals surface area contributed by atoms with Crippen LogP contribution >= 0.6 is 0 Å². The molecular weight excluding hydrogens is 294 g/mol. The molecule has 0 aliphatic rings. The number of nitrogens with zero attached hydrogens (tertiary/aromatic N) is 1. The summed E-state index contributed by atoms with van der Waals surface area (Å²) in [5.74, 6) is 0.439. The molecule has 0 fully saturated rings.